The lowest BCUT2D eigenvalue weighted by Gasteiger charge is -2.04. The third kappa shape index (κ3) is 2.32. The van der Waals surface area contributed by atoms with E-state index in [9.17, 15) is 0 Å². The fourth-order valence-electron chi connectivity index (χ4n) is 1.02. The molecule has 0 amide bonds. The summed E-state index contributed by atoms with van der Waals surface area (Å²) in [6, 6.07) is 0. The summed E-state index contributed by atoms with van der Waals surface area (Å²) in [7, 11) is 3.35. The van der Waals surface area contributed by atoms with Crippen LogP contribution in [0.1, 0.15) is 5.82 Å². The van der Waals surface area contributed by atoms with Gasteiger partial charge in [0.15, 0.2) is 0 Å². The molecule has 1 aromatic heterocycles. The minimum atomic E-state index is 0.555. The van der Waals surface area contributed by atoms with Gasteiger partial charge in [-0.2, -0.15) is 0 Å². The van der Waals surface area contributed by atoms with Crippen molar-refractivity contribution in [2.75, 3.05) is 20.8 Å². The first kappa shape index (κ1) is 9.22. The number of ether oxygens (including phenoxy) is 2. The Morgan fingerprint density at radius 2 is 2.25 bits per heavy atom. The molecule has 0 radical (unpaired) electrons. The van der Waals surface area contributed by atoms with Crippen molar-refractivity contribution in [3.63, 3.8) is 0 Å². The molecule has 0 spiro atoms. The Bertz CT molecular complexity index is 223. The number of aromatic nitrogens is 2. The van der Waals surface area contributed by atoms with Crippen LogP contribution in [0.4, 0.5) is 0 Å². The van der Waals surface area contributed by atoms with Crippen molar-refractivity contribution in [3.05, 3.63) is 18.2 Å². The third-order valence-electron chi connectivity index (χ3n) is 1.60. The molecule has 0 atom stereocenters. The Hall–Kier alpha value is -0.870. The molecule has 0 aromatic carbocycles. The number of hydrogen-bond donors (Lipinski definition) is 0. The van der Waals surface area contributed by atoms with Crippen molar-refractivity contribution < 1.29 is 9.47 Å². The Morgan fingerprint density at radius 1 is 1.42 bits per heavy atom. The van der Waals surface area contributed by atoms with Gasteiger partial charge in [0, 0.05) is 33.0 Å². The molecule has 0 aliphatic heterocycles. The van der Waals surface area contributed by atoms with E-state index in [-0.39, 0.29) is 0 Å². The molecule has 0 aliphatic carbocycles. The predicted octanol–water partition coefficient (Wildman–Crippen LogP) is 0.676. The van der Waals surface area contributed by atoms with Gasteiger partial charge < -0.3 is 14.0 Å². The van der Waals surface area contributed by atoms with Crippen LogP contribution >= 0.6 is 0 Å². The topological polar surface area (TPSA) is 36.3 Å². The molecule has 1 rings (SSSR count). The molecule has 1 aromatic rings. The smallest absolute Gasteiger partial charge is 0.123 e. The highest BCUT2D eigenvalue weighted by Gasteiger charge is 2.00. The SMILES string of the molecule is COCCc1nccn1COC. The molecule has 0 aliphatic rings. The summed E-state index contributed by atoms with van der Waals surface area (Å²) in [6.45, 7) is 1.25. The van der Waals surface area contributed by atoms with E-state index in [0.717, 1.165) is 12.2 Å². The molecular formula is C8H14N2O2. The van der Waals surface area contributed by atoms with Crippen LogP contribution < -0.4 is 0 Å². The van der Waals surface area contributed by atoms with E-state index < -0.39 is 0 Å². The lowest BCUT2D eigenvalue weighted by atomic mass is 10.4. The van der Waals surface area contributed by atoms with Gasteiger partial charge in [0.05, 0.1) is 6.61 Å². The highest BCUT2D eigenvalue weighted by Crippen LogP contribution is 1.98. The number of hydrogen-bond acceptors (Lipinski definition) is 3. The van der Waals surface area contributed by atoms with Crippen LogP contribution in [-0.4, -0.2) is 30.4 Å². The van der Waals surface area contributed by atoms with Gasteiger partial charge in [-0.1, -0.05) is 0 Å². The first-order chi connectivity index (χ1) is 5.88. The second-order valence-electron chi connectivity index (χ2n) is 2.47. The first-order valence-electron chi connectivity index (χ1n) is 3.86. The highest BCUT2D eigenvalue weighted by molar-refractivity contribution is 4.91. The van der Waals surface area contributed by atoms with Crippen molar-refractivity contribution in [2.24, 2.45) is 0 Å². The summed E-state index contributed by atoms with van der Waals surface area (Å²) >= 11 is 0. The lowest BCUT2D eigenvalue weighted by molar-refractivity contribution is 0.126. The Balaban J connectivity index is 2.51. The van der Waals surface area contributed by atoms with Crippen molar-refractivity contribution in [3.8, 4) is 0 Å². The van der Waals surface area contributed by atoms with Gasteiger partial charge in [0.2, 0.25) is 0 Å². The fourth-order valence-corrected chi connectivity index (χ4v) is 1.02. The van der Waals surface area contributed by atoms with Gasteiger partial charge in [0.1, 0.15) is 12.6 Å². The minimum Gasteiger partial charge on any atom is -0.384 e. The maximum atomic E-state index is 4.99. The molecule has 0 N–H and O–H groups in total. The summed E-state index contributed by atoms with van der Waals surface area (Å²) in [6.07, 6.45) is 4.49. The molecule has 1 heterocycles. The van der Waals surface area contributed by atoms with Gasteiger partial charge in [-0.05, 0) is 0 Å². The van der Waals surface area contributed by atoms with Crippen molar-refractivity contribution in [1.82, 2.24) is 9.55 Å². The average Bonchev–Trinajstić information content (AvgIpc) is 2.50. The molecule has 0 bridgehead atoms. The number of methoxy groups -OCH3 is 2. The Labute approximate surface area is 72.1 Å². The van der Waals surface area contributed by atoms with E-state index in [4.69, 9.17) is 9.47 Å². The molecule has 4 heteroatoms. The molecule has 0 fully saturated rings. The van der Waals surface area contributed by atoms with Gasteiger partial charge in [-0.3, -0.25) is 0 Å². The van der Waals surface area contributed by atoms with Crippen LogP contribution in [0.5, 0.6) is 0 Å². The molecule has 0 unspecified atom stereocenters. The van der Waals surface area contributed by atoms with E-state index in [1.54, 1.807) is 20.4 Å². The van der Waals surface area contributed by atoms with Gasteiger partial charge >= 0.3 is 0 Å². The summed E-state index contributed by atoms with van der Waals surface area (Å²) in [5, 5.41) is 0. The maximum Gasteiger partial charge on any atom is 0.123 e. The van der Waals surface area contributed by atoms with Crippen molar-refractivity contribution in [1.29, 1.82) is 0 Å². The number of nitrogens with zero attached hydrogens (tertiary/aromatic N) is 2. The fraction of sp³-hybridized carbons (Fsp3) is 0.625. The lowest BCUT2D eigenvalue weighted by Crippen LogP contribution is -2.07. The van der Waals surface area contributed by atoms with Crippen LogP contribution in [0.15, 0.2) is 12.4 Å². The van der Waals surface area contributed by atoms with Crippen LogP contribution in [-0.2, 0) is 22.6 Å². The Kier molecular flexibility index (Phi) is 3.76. The molecular weight excluding hydrogens is 156 g/mol. The second kappa shape index (κ2) is 4.90. The van der Waals surface area contributed by atoms with E-state index in [0.29, 0.717) is 13.3 Å². The molecule has 4 nitrogen and oxygen atoms in total. The average molecular weight is 170 g/mol. The quantitative estimate of drug-likeness (QED) is 0.651. The largest absolute Gasteiger partial charge is 0.384 e. The normalized spacial score (nSPS) is 10.5. The van der Waals surface area contributed by atoms with E-state index >= 15 is 0 Å². The van der Waals surface area contributed by atoms with Crippen LogP contribution in [0.3, 0.4) is 0 Å². The van der Waals surface area contributed by atoms with Gasteiger partial charge in [0.25, 0.3) is 0 Å². The van der Waals surface area contributed by atoms with E-state index in [2.05, 4.69) is 4.98 Å². The molecule has 0 saturated carbocycles. The predicted molar refractivity (Wildman–Crippen MR) is 44.8 cm³/mol. The zero-order valence-corrected chi connectivity index (χ0v) is 7.49. The van der Waals surface area contributed by atoms with Crippen LogP contribution in [0, 0.1) is 0 Å². The highest BCUT2D eigenvalue weighted by atomic mass is 16.5. The van der Waals surface area contributed by atoms with E-state index in [1.807, 2.05) is 10.8 Å². The molecule has 0 saturated heterocycles. The monoisotopic (exact) mass is 170 g/mol. The summed E-state index contributed by atoms with van der Waals surface area (Å²) in [5.41, 5.74) is 0. The van der Waals surface area contributed by atoms with Crippen molar-refractivity contribution >= 4 is 0 Å². The van der Waals surface area contributed by atoms with Crippen LogP contribution in [0.2, 0.25) is 0 Å². The summed E-state index contributed by atoms with van der Waals surface area (Å²) < 4.78 is 11.9. The van der Waals surface area contributed by atoms with E-state index in [1.165, 1.54) is 0 Å². The maximum absolute atomic E-state index is 4.99. The zero-order valence-electron chi connectivity index (χ0n) is 7.49. The van der Waals surface area contributed by atoms with Crippen molar-refractivity contribution in [2.45, 2.75) is 13.2 Å². The third-order valence-corrected chi connectivity index (χ3v) is 1.60. The standard InChI is InChI=1S/C8H14N2O2/c1-11-6-3-8-9-4-5-10(8)7-12-2/h4-5H,3,6-7H2,1-2H3. The van der Waals surface area contributed by atoms with Gasteiger partial charge in [-0.25, -0.2) is 4.98 Å². The second-order valence-corrected chi connectivity index (χ2v) is 2.47. The van der Waals surface area contributed by atoms with Crippen LogP contribution in [0.25, 0.3) is 0 Å². The molecule has 12 heavy (non-hydrogen) atoms. The Morgan fingerprint density at radius 3 is 2.92 bits per heavy atom. The molecule has 68 valence electrons. The number of rotatable bonds is 5. The summed E-state index contributed by atoms with van der Waals surface area (Å²) in [4.78, 5) is 4.18. The minimum absolute atomic E-state index is 0.555. The number of imidazole rings is 1. The summed E-state index contributed by atoms with van der Waals surface area (Å²) in [5.74, 6) is 0.999. The van der Waals surface area contributed by atoms with Gasteiger partial charge in [-0.15, -0.1) is 0 Å². The first-order valence-corrected chi connectivity index (χ1v) is 3.86. The zero-order chi connectivity index (χ0) is 8.81.